The topological polar surface area (TPSA) is 71.3 Å². The lowest BCUT2D eigenvalue weighted by Gasteiger charge is -2.40. The average molecular weight is 586 g/mol. The first-order chi connectivity index (χ1) is 20.4. The number of aromatic nitrogens is 3. The summed E-state index contributed by atoms with van der Waals surface area (Å²) in [4.78, 5) is 29.3. The predicted octanol–water partition coefficient (Wildman–Crippen LogP) is 5.94. The molecule has 4 aromatic rings. The molecule has 3 aromatic carbocycles. The Morgan fingerprint density at radius 3 is 2.43 bits per heavy atom. The molecule has 1 fully saturated rings. The average Bonchev–Trinajstić information content (AvgIpc) is 3.39. The summed E-state index contributed by atoms with van der Waals surface area (Å²) in [5.41, 5.74) is 3.49. The van der Waals surface area contributed by atoms with Gasteiger partial charge in [-0.15, -0.1) is 10.2 Å². The third-order valence-electron chi connectivity index (χ3n) is 7.62. The lowest BCUT2D eigenvalue weighted by molar-refractivity contribution is -0.133. The quantitative estimate of drug-likeness (QED) is 0.170. The highest BCUT2D eigenvalue weighted by atomic mass is 32.2. The Labute approximate surface area is 250 Å². The number of hydrogen-bond acceptors (Lipinski definition) is 5. The lowest BCUT2D eigenvalue weighted by atomic mass is 10.1. The molecule has 1 saturated heterocycles. The van der Waals surface area contributed by atoms with Crippen LogP contribution in [0.4, 0.5) is 4.39 Å². The number of benzene rings is 3. The summed E-state index contributed by atoms with van der Waals surface area (Å²) in [5, 5.41) is 9.94. The van der Waals surface area contributed by atoms with Crippen LogP contribution in [0, 0.1) is 12.7 Å². The number of para-hydroxylation sites is 1. The van der Waals surface area contributed by atoms with Crippen molar-refractivity contribution in [3.8, 4) is 5.69 Å². The number of carbonyl (C=O) groups excluding carboxylic acids is 2. The maximum absolute atomic E-state index is 14.1. The van der Waals surface area contributed by atoms with E-state index in [4.69, 9.17) is 0 Å². The third-order valence-corrected chi connectivity index (χ3v) is 8.64. The maximum atomic E-state index is 14.1. The predicted molar refractivity (Wildman–Crippen MR) is 163 cm³/mol. The highest BCUT2D eigenvalue weighted by Gasteiger charge is 2.31. The van der Waals surface area contributed by atoms with Crippen molar-refractivity contribution in [2.24, 2.45) is 0 Å². The Bertz CT molecular complexity index is 1530. The molecular weight excluding hydrogens is 549 g/mol. The lowest BCUT2D eigenvalue weighted by Crippen LogP contribution is -2.55. The van der Waals surface area contributed by atoms with E-state index in [2.05, 4.69) is 46.0 Å². The van der Waals surface area contributed by atoms with E-state index in [1.807, 2.05) is 42.2 Å². The zero-order valence-corrected chi connectivity index (χ0v) is 24.9. The van der Waals surface area contributed by atoms with Gasteiger partial charge < -0.3 is 9.80 Å². The number of unbranched alkanes of at least 4 members (excludes halogenated alkanes) is 1. The SMILES string of the molecule is Cc1ccccc1-n1c(Cc2ccccc2)nnc1SCCCCC(=O)N1CCN(C(=O)c2ccccc2F)C(C)C1. The van der Waals surface area contributed by atoms with Gasteiger partial charge in [0.25, 0.3) is 5.91 Å². The minimum Gasteiger partial charge on any atom is -0.339 e. The van der Waals surface area contributed by atoms with Crippen LogP contribution in [0.3, 0.4) is 0 Å². The third kappa shape index (κ3) is 6.90. The summed E-state index contributed by atoms with van der Waals surface area (Å²) in [6.07, 6.45) is 2.78. The number of rotatable bonds is 10. The van der Waals surface area contributed by atoms with E-state index in [0.29, 0.717) is 32.5 Å². The standard InChI is InChI=1S/C33H36FN5O2S/c1-24-12-6-9-17-29(24)39-30(22-26-13-4-3-5-14-26)35-36-33(39)42-21-11-10-18-31(40)37-19-20-38(25(2)23-37)32(41)27-15-7-8-16-28(27)34/h3-9,12-17,25H,10-11,18-23H2,1-2H3. The van der Waals surface area contributed by atoms with Crippen molar-refractivity contribution in [1.82, 2.24) is 24.6 Å². The van der Waals surface area contributed by atoms with Crippen LogP contribution in [0.25, 0.3) is 5.69 Å². The van der Waals surface area contributed by atoms with Crippen LogP contribution in [0.5, 0.6) is 0 Å². The monoisotopic (exact) mass is 585 g/mol. The molecule has 2 amide bonds. The zero-order chi connectivity index (χ0) is 29.5. The number of aryl methyl sites for hydroxylation is 1. The van der Waals surface area contributed by atoms with Crippen LogP contribution in [0.2, 0.25) is 0 Å². The number of hydrogen-bond donors (Lipinski definition) is 0. The summed E-state index contributed by atoms with van der Waals surface area (Å²) in [6.45, 7) is 5.32. The number of amides is 2. The second-order valence-electron chi connectivity index (χ2n) is 10.7. The highest BCUT2D eigenvalue weighted by Crippen LogP contribution is 2.26. The van der Waals surface area contributed by atoms with Gasteiger partial charge in [-0.1, -0.05) is 72.4 Å². The molecular formula is C33H36FN5O2S. The molecule has 218 valence electrons. The fraction of sp³-hybridized carbons (Fsp3) is 0.333. The van der Waals surface area contributed by atoms with Crippen molar-refractivity contribution in [2.75, 3.05) is 25.4 Å². The van der Waals surface area contributed by atoms with Crippen molar-refractivity contribution >= 4 is 23.6 Å². The van der Waals surface area contributed by atoms with E-state index < -0.39 is 5.82 Å². The number of carbonyl (C=O) groups is 2. The Morgan fingerprint density at radius 2 is 1.67 bits per heavy atom. The van der Waals surface area contributed by atoms with Gasteiger partial charge in [-0.2, -0.15) is 0 Å². The molecule has 1 aromatic heterocycles. The Hall–Kier alpha value is -3.98. The second-order valence-corrected chi connectivity index (χ2v) is 11.7. The summed E-state index contributed by atoms with van der Waals surface area (Å²) >= 11 is 1.66. The largest absolute Gasteiger partial charge is 0.339 e. The van der Waals surface area contributed by atoms with Crippen molar-refractivity contribution in [2.45, 2.75) is 50.7 Å². The molecule has 1 aliphatic rings. The number of halogens is 1. The molecule has 1 aliphatic heterocycles. The van der Waals surface area contributed by atoms with E-state index in [9.17, 15) is 14.0 Å². The molecule has 0 radical (unpaired) electrons. The minimum atomic E-state index is -0.518. The second kappa shape index (κ2) is 13.8. The van der Waals surface area contributed by atoms with Gasteiger partial charge in [-0.05, 0) is 56.0 Å². The molecule has 1 atom stereocenters. The van der Waals surface area contributed by atoms with Crippen LogP contribution in [-0.2, 0) is 11.2 Å². The summed E-state index contributed by atoms with van der Waals surface area (Å²) < 4.78 is 16.3. The number of piperazine rings is 1. The molecule has 0 aliphatic carbocycles. The van der Waals surface area contributed by atoms with Crippen LogP contribution in [-0.4, -0.2) is 67.8 Å². The van der Waals surface area contributed by atoms with Crippen molar-refractivity contribution < 1.29 is 14.0 Å². The first kappa shape index (κ1) is 29.5. The summed E-state index contributed by atoms with van der Waals surface area (Å²) in [5.74, 6) is 0.975. The summed E-state index contributed by atoms with van der Waals surface area (Å²) in [6, 6.07) is 24.4. The smallest absolute Gasteiger partial charge is 0.257 e. The molecule has 0 saturated carbocycles. The van der Waals surface area contributed by atoms with Gasteiger partial charge in [0.1, 0.15) is 11.6 Å². The minimum absolute atomic E-state index is 0.0760. The van der Waals surface area contributed by atoms with Crippen LogP contribution >= 0.6 is 11.8 Å². The van der Waals surface area contributed by atoms with Gasteiger partial charge in [-0.25, -0.2) is 4.39 Å². The zero-order valence-electron chi connectivity index (χ0n) is 24.1. The van der Waals surface area contributed by atoms with E-state index in [0.717, 1.165) is 40.8 Å². The Kier molecular flexibility index (Phi) is 9.69. The van der Waals surface area contributed by atoms with E-state index in [1.165, 1.54) is 17.7 Å². The molecule has 0 spiro atoms. The van der Waals surface area contributed by atoms with Crippen LogP contribution < -0.4 is 0 Å². The molecule has 2 heterocycles. The molecule has 9 heteroatoms. The van der Waals surface area contributed by atoms with E-state index in [-0.39, 0.29) is 23.4 Å². The molecule has 5 rings (SSSR count). The first-order valence-corrected chi connectivity index (χ1v) is 15.4. The van der Waals surface area contributed by atoms with Crippen LogP contribution in [0.15, 0.2) is 84.0 Å². The Morgan fingerprint density at radius 1 is 0.929 bits per heavy atom. The van der Waals surface area contributed by atoms with Gasteiger partial charge in [-0.3, -0.25) is 14.2 Å². The van der Waals surface area contributed by atoms with Crippen molar-refractivity contribution in [3.05, 3.63) is 107 Å². The molecule has 7 nitrogen and oxygen atoms in total. The van der Waals surface area contributed by atoms with Crippen LogP contribution in [0.1, 0.15) is 53.5 Å². The molecule has 1 unspecified atom stereocenters. The highest BCUT2D eigenvalue weighted by molar-refractivity contribution is 7.99. The Balaban J connectivity index is 1.13. The van der Waals surface area contributed by atoms with Gasteiger partial charge in [0.05, 0.1) is 11.3 Å². The maximum Gasteiger partial charge on any atom is 0.257 e. The van der Waals surface area contributed by atoms with E-state index >= 15 is 0 Å². The van der Waals surface area contributed by atoms with Crippen molar-refractivity contribution in [1.29, 1.82) is 0 Å². The normalized spacial score (nSPS) is 15.2. The van der Waals surface area contributed by atoms with Gasteiger partial charge in [0.2, 0.25) is 5.91 Å². The first-order valence-electron chi connectivity index (χ1n) is 14.4. The van der Waals surface area contributed by atoms with Gasteiger partial charge >= 0.3 is 0 Å². The van der Waals surface area contributed by atoms with Gasteiger partial charge in [0.15, 0.2) is 5.16 Å². The number of nitrogens with zero attached hydrogens (tertiary/aromatic N) is 5. The van der Waals surface area contributed by atoms with Gasteiger partial charge in [0, 0.05) is 44.3 Å². The fourth-order valence-electron chi connectivity index (χ4n) is 5.32. The molecule has 42 heavy (non-hydrogen) atoms. The molecule has 0 bridgehead atoms. The number of thioether (sulfide) groups is 1. The van der Waals surface area contributed by atoms with Crippen molar-refractivity contribution in [3.63, 3.8) is 0 Å². The fourth-order valence-corrected chi connectivity index (χ4v) is 6.28. The summed E-state index contributed by atoms with van der Waals surface area (Å²) in [7, 11) is 0. The van der Waals surface area contributed by atoms with E-state index in [1.54, 1.807) is 28.8 Å². The molecule has 0 N–H and O–H groups in total.